The van der Waals surface area contributed by atoms with Crippen LogP contribution >= 0.6 is 15.9 Å². The van der Waals surface area contributed by atoms with E-state index in [0.717, 1.165) is 10.0 Å². The summed E-state index contributed by atoms with van der Waals surface area (Å²) in [5, 5.41) is 12.7. The molecular formula is C14H16BrNO3. The molecule has 0 radical (unpaired) electrons. The Morgan fingerprint density at radius 3 is 3.11 bits per heavy atom. The first kappa shape index (κ1) is 14.2. The van der Waals surface area contributed by atoms with Crippen molar-refractivity contribution in [2.75, 3.05) is 19.8 Å². The number of rotatable bonds is 4. The van der Waals surface area contributed by atoms with Gasteiger partial charge in [0.15, 0.2) is 0 Å². The van der Waals surface area contributed by atoms with Gasteiger partial charge < -0.3 is 15.2 Å². The van der Waals surface area contributed by atoms with Crippen LogP contribution in [0.3, 0.4) is 0 Å². The second kappa shape index (κ2) is 6.32. The highest BCUT2D eigenvalue weighted by atomic mass is 79.9. The number of nitrogens with one attached hydrogen (secondary N) is 1. The maximum atomic E-state index is 11.6. The normalized spacial score (nSPS) is 22.8. The minimum absolute atomic E-state index is 0.217. The highest BCUT2D eigenvalue weighted by molar-refractivity contribution is 9.10. The van der Waals surface area contributed by atoms with E-state index in [-0.39, 0.29) is 19.1 Å². The molecule has 0 aliphatic carbocycles. The van der Waals surface area contributed by atoms with E-state index in [4.69, 9.17) is 4.74 Å². The molecular weight excluding hydrogens is 310 g/mol. The Morgan fingerprint density at radius 1 is 1.58 bits per heavy atom. The van der Waals surface area contributed by atoms with Crippen molar-refractivity contribution in [3.8, 4) is 0 Å². The fourth-order valence-electron chi connectivity index (χ4n) is 1.83. The fraction of sp³-hybridized carbons (Fsp3) is 0.357. The third-order valence-corrected chi connectivity index (χ3v) is 3.44. The smallest absolute Gasteiger partial charge is 0.244 e. The average Bonchev–Trinajstić information content (AvgIpc) is 2.82. The van der Waals surface area contributed by atoms with Crippen molar-refractivity contribution >= 4 is 27.9 Å². The molecule has 0 aromatic heterocycles. The van der Waals surface area contributed by atoms with Gasteiger partial charge in [0, 0.05) is 30.1 Å². The van der Waals surface area contributed by atoms with Gasteiger partial charge in [0.25, 0.3) is 0 Å². The molecule has 19 heavy (non-hydrogen) atoms. The van der Waals surface area contributed by atoms with E-state index in [1.807, 2.05) is 24.3 Å². The zero-order valence-corrected chi connectivity index (χ0v) is 12.0. The minimum Gasteiger partial charge on any atom is -0.386 e. The van der Waals surface area contributed by atoms with Crippen molar-refractivity contribution < 1.29 is 14.6 Å². The predicted molar refractivity (Wildman–Crippen MR) is 76.6 cm³/mol. The highest BCUT2D eigenvalue weighted by Crippen LogP contribution is 2.17. The van der Waals surface area contributed by atoms with E-state index in [1.165, 1.54) is 6.08 Å². The van der Waals surface area contributed by atoms with E-state index < -0.39 is 5.60 Å². The molecule has 1 aliphatic rings. The number of halogens is 1. The molecule has 1 saturated heterocycles. The molecule has 0 spiro atoms. The van der Waals surface area contributed by atoms with E-state index >= 15 is 0 Å². The summed E-state index contributed by atoms with van der Waals surface area (Å²) in [6.45, 7) is 1.04. The van der Waals surface area contributed by atoms with Crippen LogP contribution in [0.5, 0.6) is 0 Å². The number of hydrogen-bond acceptors (Lipinski definition) is 3. The molecule has 1 unspecified atom stereocenters. The van der Waals surface area contributed by atoms with Gasteiger partial charge in [-0.1, -0.05) is 28.1 Å². The Morgan fingerprint density at radius 2 is 2.42 bits per heavy atom. The van der Waals surface area contributed by atoms with Crippen LogP contribution in [0.4, 0.5) is 0 Å². The summed E-state index contributed by atoms with van der Waals surface area (Å²) in [6, 6.07) is 7.66. The third-order valence-electron chi connectivity index (χ3n) is 2.95. The lowest BCUT2D eigenvalue weighted by molar-refractivity contribution is -0.117. The summed E-state index contributed by atoms with van der Waals surface area (Å²) in [6.07, 6.45) is 3.75. The first-order valence-electron chi connectivity index (χ1n) is 6.09. The molecule has 1 heterocycles. The van der Waals surface area contributed by atoms with Gasteiger partial charge in [-0.05, 0) is 23.8 Å². The molecule has 0 bridgehead atoms. The second-order valence-electron chi connectivity index (χ2n) is 4.63. The Kier molecular flexibility index (Phi) is 4.74. The first-order valence-corrected chi connectivity index (χ1v) is 6.88. The lowest BCUT2D eigenvalue weighted by atomic mass is 10.0. The molecule has 1 aromatic rings. The van der Waals surface area contributed by atoms with Crippen LogP contribution in [-0.4, -0.2) is 36.4 Å². The SMILES string of the molecule is O=C(/C=C/c1cccc(Br)c1)NCC1(O)CCOC1. The van der Waals surface area contributed by atoms with Gasteiger partial charge in [-0.25, -0.2) is 0 Å². The van der Waals surface area contributed by atoms with Crippen molar-refractivity contribution in [3.05, 3.63) is 40.4 Å². The van der Waals surface area contributed by atoms with Crippen molar-refractivity contribution in [1.82, 2.24) is 5.32 Å². The standard InChI is InChI=1S/C14H16BrNO3/c15-12-3-1-2-11(8-12)4-5-13(17)16-9-14(18)6-7-19-10-14/h1-5,8,18H,6-7,9-10H2,(H,16,17)/b5-4+. The van der Waals surface area contributed by atoms with Crippen molar-refractivity contribution in [3.63, 3.8) is 0 Å². The van der Waals surface area contributed by atoms with Crippen LogP contribution < -0.4 is 5.32 Å². The third kappa shape index (κ3) is 4.45. The maximum Gasteiger partial charge on any atom is 0.244 e. The first-order chi connectivity index (χ1) is 9.07. The number of carbonyl (C=O) groups is 1. The lowest BCUT2D eigenvalue weighted by Crippen LogP contribution is -2.42. The van der Waals surface area contributed by atoms with Gasteiger partial charge in [0.05, 0.1) is 6.61 Å². The molecule has 1 atom stereocenters. The Hall–Kier alpha value is -1.17. The van der Waals surface area contributed by atoms with Gasteiger partial charge in [-0.15, -0.1) is 0 Å². The molecule has 102 valence electrons. The summed E-state index contributed by atoms with van der Waals surface area (Å²) in [7, 11) is 0. The molecule has 1 fully saturated rings. The van der Waals surface area contributed by atoms with Crippen LogP contribution in [0, 0.1) is 0 Å². The van der Waals surface area contributed by atoms with Crippen LogP contribution in [0.25, 0.3) is 6.08 Å². The molecule has 5 heteroatoms. The molecule has 2 N–H and O–H groups in total. The quantitative estimate of drug-likeness (QED) is 0.829. The Balaban J connectivity index is 1.84. The summed E-state index contributed by atoms with van der Waals surface area (Å²) in [5.41, 5.74) is 0.0201. The van der Waals surface area contributed by atoms with Crippen LogP contribution in [0.1, 0.15) is 12.0 Å². The Bertz CT molecular complexity index is 481. The monoisotopic (exact) mass is 325 g/mol. The van der Waals surface area contributed by atoms with E-state index in [9.17, 15) is 9.90 Å². The van der Waals surface area contributed by atoms with Gasteiger partial charge in [0.1, 0.15) is 5.60 Å². The number of aliphatic hydroxyl groups is 1. The van der Waals surface area contributed by atoms with E-state index in [1.54, 1.807) is 6.08 Å². The molecule has 1 amide bonds. The number of amides is 1. The van der Waals surface area contributed by atoms with Crippen molar-refractivity contribution in [2.24, 2.45) is 0 Å². The van der Waals surface area contributed by atoms with Gasteiger partial charge in [-0.2, -0.15) is 0 Å². The van der Waals surface area contributed by atoms with Crippen LogP contribution in [-0.2, 0) is 9.53 Å². The maximum absolute atomic E-state index is 11.6. The molecule has 1 aliphatic heterocycles. The highest BCUT2D eigenvalue weighted by Gasteiger charge is 2.32. The Labute approximate surface area is 120 Å². The second-order valence-corrected chi connectivity index (χ2v) is 5.55. The summed E-state index contributed by atoms with van der Waals surface area (Å²) < 4.78 is 6.08. The van der Waals surface area contributed by atoms with Crippen LogP contribution in [0.2, 0.25) is 0 Å². The number of hydrogen-bond donors (Lipinski definition) is 2. The number of carbonyl (C=O) groups excluding carboxylic acids is 1. The summed E-state index contributed by atoms with van der Waals surface area (Å²) in [5.74, 6) is -0.222. The van der Waals surface area contributed by atoms with E-state index in [2.05, 4.69) is 21.2 Å². The number of ether oxygens (including phenoxy) is 1. The minimum atomic E-state index is -0.917. The van der Waals surface area contributed by atoms with Crippen molar-refractivity contribution in [1.29, 1.82) is 0 Å². The average molecular weight is 326 g/mol. The summed E-state index contributed by atoms with van der Waals surface area (Å²) in [4.78, 5) is 11.6. The fourth-order valence-corrected chi connectivity index (χ4v) is 2.25. The summed E-state index contributed by atoms with van der Waals surface area (Å²) >= 11 is 3.37. The molecule has 2 rings (SSSR count). The largest absolute Gasteiger partial charge is 0.386 e. The van der Waals surface area contributed by atoms with Crippen molar-refractivity contribution in [2.45, 2.75) is 12.0 Å². The van der Waals surface area contributed by atoms with Gasteiger partial charge in [0.2, 0.25) is 5.91 Å². The zero-order valence-electron chi connectivity index (χ0n) is 10.4. The van der Waals surface area contributed by atoms with Crippen LogP contribution in [0.15, 0.2) is 34.8 Å². The molecule has 4 nitrogen and oxygen atoms in total. The van der Waals surface area contributed by atoms with E-state index in [0.29, 0.717) is 13.0 Å². The van der Waals surface area contributed by atoms with Gasteiger partial charge >= 0.3 is 0 Å². The van der Waals surface area contributed by atoms with Gasteiger partial charge in [-0.3, -0.25) is 4.79 Å². The molecule has 1 aromatic carbocycles. The topological polar surface area (TPSA) is 58.6 Å². The zero-order chi connectivity index (χ0) is 13.7. The lowest BCUT2D eigenvalue weighted by Gasteiger charge is -2.19. The number of benzene rings is 1. The predicted octanol–water partition coefficient (Wildman–Crippen LogP) is 1.73. The molecule has 0 saturated carbocycles.